The zero-order chi connectivity index (χ0) is 15.2. The van der Waals surface area contributed by atoms with Crippen molar-refractivity contribution in [3.63, 3.8) is 0 Å². The summed E-state index contributed by atoms with van der Waals surface area (Å²) >= 11 is 0. The Labute approximate surface area is 136 Å². The molecule has 6 nitrogen and oxygen atoms in total. The fourth-order valence-corrected chi connectivity index (χ4v) is 2.80. The summed E-state index contributed by atoms with van der Waals surface area (Å²) < 4.78 is 0. The van der Waals surface area contributed by atoms with Crippen LogP contribution in [0.2, 0.25) is 0 Å². The summed E-state index contributed by atoms with van der Waals surface area (Å²) in [5.74, 6) is -0.383. The van der Waals surface area contributed by atoms with Gasteiger partial charge in [0.2, 0.25) is 5.91 Å². The summed E-state index contributed by atoms with van der Waals surface area (Å²) in [7, 11) is 0. The van der Waals surface area contributed by atoms with Crippen LogP contribution < -0.4 is 16.6 Å². The molecule has 1 amide bonds. The van der Waals surface area contributed by atoms with Crippen LogP contribution in [-0.2, 0) is 17.6 Å². The van der Waals surface area contributed by atoms with E-state index in [9.17, 15) is 9.59 Å². The zero-order valence-electron chi connectivity index (χ0n) is 13.0. The van der Waals surface area contributed by atoms with Crippen LogP contribution in [0.4, 0.5) is 0 Å². The number of H-pyrrole nitrogens is 1. The van der Waals surface area contributed by atoms with Gasteiger partial charge < -0.3 is 11.1 Å². The Hall–Kier alpha value is -1.40. The second-order valence-corrected chi connectivity index (χ2v) is 5.61. The largest absolute Gasteiger partial charge is 0.356 e. The first kappa shape index (κ1) is 18.6. The monoisotopic (exact) mass is 328 g/mol. The molecule has 1 atom stereocenters. The van der Waals surface area contributed by atoms with E-state index >= 15 is 0 Å². The molecule has 1 aromatic heterocycles. The molecule has 0 spiro atoms. The molecule has 7 heteroatoms. The van der Waals surface area contributed by atoms with Gasteiger partial charge in [0.15, 0.2) is 0 Å². The van der Waals surface area contributed by atoms with Crippen LogP contribution in [-0.4, -0.2) is 29.2 Å². The maximum absolute atomic E-state index is 12.2. The molecule has 1 unspecified atom stereocenters. The number of carbonyl (C=O) groups excluding carboxylic acids is 1. The van der Waals surface area contributed by atoms with E-state index in [1.807, 2.05) is 6.92 Å². The fraction of sp³-hybridized carbons (Fsp3) is 0.667. The van der Waals surface area contributed by atoms with Gasteiger partial charge in [0.25, 0.3) is 5.56 Å². The number of hydrogen-bond acceptors (Lipinski definition) is 4. The number of hydrogen-bond donors (Lipinski definition) is 3. The Kier molecular flexibility index (Phi) is 7.55. The van der Waals surface area contributed by atoms with E-state index in [4.69, 9.17) is 5.73 Å². The summed E-state index contributed by atoms with van der Waals surface area (Å²) in [6, 6.07) is 0. The van der Waals surface area contributed by atoms with E-state index in [-0.39, 0.29) is 29.8 Å². The lowest BCUT2D eigenvalue weighted by Gasteiger charge is -2.20. The van der Waals surface area contributed by atoms with Crippen molar-refractivity contribution >= 4 is 18.3 Å². The van der Waals surface area contributed by atoms with Crippen LogP contribution in [0.3, 0.4) is 0 Å². The molecule has 1 aliphatic rings. The maximum Gasteiger partial charge on any atom is 0.267 e. The number of nitrogens with two attached hydrogens (primary N) is 1. The van der Waals surface area contributed by atoms with Crippen LogP contribution in [0.1, 0.15) is 55.3 Å². The summed E-state index contributed by atoms with van der Waals surface area (Å²) in [6.45, 7) is 3.11. The number of nitrogens with one attached hydrogen (secondary N) is 2. The second kappa shape index (κ2) is 8.90. The highest BCUT2D eigenvalue weighted by Gasteiger charge is 2.24. The van der Waals surface area contributed by atoms with Crippen molar-refractivity contribution in [1.29, 1.82) is 0 Å². The number of rotatable bonds is 6. The van der Waals surface area contributed by atoms with Crippen LogP contribution in [0.25, 0.3) is 0 Å². The molecule has 4 N–H and O–H groups in total. The third kappa shape index (κ3) is 4.30. The Morgan fingerprint density at radius 1 is 1.32 bits per heavy atom. The van der Waals surface area contributed by atoms with Gasteiger partial charge in [-0.3, -0.25) is 9.59 Å². The summed E-state index contributed by atoms with van der Waals surface area (Å²) in [5, 5.41) is 9.59. The van der Waals surface area contributed by atoms with Crippen molar-refractivity contribution < 1.29 is 4.79 Å². The first-order valence-corrected chi connectivity index (χ1v) is 7.73. The third-order valence-corrected chi connectivity index (χ3v) is 4.06. The normalized spacial score (nSPS) is 14.6. The number of amides is 1. The molecule has 2 rings (SSSR count). The molecule has 1 aromatic rings. The Bertz CT molecular complexity index is 559. The number of fused-ring (bicyclic) bond motifs is 1. The first-order valence-electron chi connectivity index (χ1n) is 7.73. The van der Waals surface area contributed by atoms with Gasteiger partial charge in [0.1, 0.15) is 0 Å². The molecule has 124 valence electrons. The van der Waals surface area contributed by atoms with Gasteiger partial charge in [-0.25, -0.2) is 5.10 Å². The number of carbonyl (C=O) groups is 1. The van der Waals surface area contributed by atoms with Crippen molar-refractivity contribution in [2.24, 2.45) is 5.73 Å². The predicted molar refractivity (Wildman–Crippen MR) is 88.5 cm³/mol. The highest BCUT2D eigenvalue weighted by atomic mass is 35.5. The minimum atomic E-state index is -0.341. The number of halogens is 1. The fourth-order valence-electron chi connectivity index (χ4n) is 2.80. The molecule has 0 saturated carbocycles. The van der Waals surface area contributed by atoms with Gasteiger partial charge in [0, 0.05) is 12.1 Å². The van der Waals surface area contributed by atoms with Crippen molar-refractivity contribution in [2.45, 2.75) is 51.4 Å². The minimum Gasteiger partial charge on any atom is -0.356 e. The molecule has 0 aromatic carbocycles. The molecule has 0 radical (unpaired) electrons. The minimum absolute atomic E-state index is 0. The lowest BCUT2D eigenvalue weighted by molar-refractivity contribution is -0.122. The van der Waals surface area contributed by atoms with Crippen LogP contribution in [0.5, 0.6) is 0 Å². The molecular weight excluding hydrogens is 304 g/mol. The molecule has 0 saturated heterocycles. The number of aromatic amines is 1. The van der Waals surface area contributed by atoms with Gasteiger partial charge in [-0.1, -0.05) is 0 Å². The van der Waals surface area contributed by atoms with Crippen molar-refractivity contribution in [1.82, 2.24) is 15.5 Å². The molecule has 1 aliphatic carbocycles. The molecule has 1 heterocycles. The summed E-state index contributed by atoms with van der Waals surface area (Å²) in [6.07, 6.45) is 5.49. The quantitative estimate of drug-likeness (QED) is 0.679. The molecule has 22 heavy (non-hydrogen) atoms. The smallest absolute Gasteiger partial charge is 0.267 e. The number of aromatic nitrogens is 2. The average Bonchev–Trinajstić information content (AvgIpc) is 2.51. The van der Waals surface area contributed by atoms with E-state index in [1.165, 1.54) is 0 Å². The Morgan fingerprint density at radius 2 is 2.00 bits per heavy atom. The van der Waals surface area contributed by atoms with Gasteiger partial charge in [0.05, 0.1) is 11.6 Å². The Balaban J connectivity index is 0.00000242. The summed E-state index contributed by atoms with van der Waals surface area (Å²) in [4.78, 5) is 24.0. The molecule has 0 aliphatic heterocycles. The topological polar surface area (TPSA) is 101 Å². The lowest BCUT2D eigenvalue weighted by atomic mass is 9.88. The van der Waals surface area contributed by atoms with Gasteiger partial charge in [-0.05, 0) is 57.6 Å². The van der Waals surface area contributed by atoms with Crippen LogP contribution in [0.15, 0.2) is 4.79 Å². The van der Waals surface area contributed by atoms with Crippen molar-refractivity contribution in [3.8, 4) is 0 Å². The Morgan fingerprint density at radius 3 is 2.68 bits per heavy atom. The van der Waals surface area contributed by atoms with E-state index in [0.29, 0.717) is 13.1 Å². The molecule has 0 bridgehead atoms. The maximum atomic E-state index is 12.2. The molecular formula is C15H25ClN4O2. The van der Waals surface area contributed by atoms with Gasteiger partial charge in [-0.15, -0.1) is 12.4 Å². The average molecular weight is 329 g/mol. The molecule has 0 fully saturated rings. The summed E-state index contributed by atoms with van der Waals surface area (Å²) in [5.41, 5.74) is 7.84. The highest BCUT2D eigenvalue weighted by Crippen LogP contribution is 2.25. The van der Waals surface area contributed by atoms with E-state index < -0.39 is 0 Å². The standard InChI is InChI=1S/C15H24N4O2.ClH/c1-10(14(20)17-9-5-4-8-16)13-11-6-2-3-7-12(11)15(21)19-18-13;/h10H,2-9,16H2,1H3,(H,17,20)(H,19,21);1H. The van der Waals surface area contributed by atoms with Gasteiger partial charge >= 0.3 is 0 Å². The van der Waals surface area contributed by atoms with Crippen molar-refractivity contribution in [2.75, 3.05) is 13.1 Å². The van der Waals surface area contributed by atoms with Crippen LogP contribution >= 0.6 is 12.4 Å². The second-order valence-electron chi connectivity index (χ2n) is 5.61. The number of nitrogens with zero attached hydrogens (tertiary/aromatic N) is 1. The predicted octanol–water partition coefficient (Wildman–Crippen LogP) is 1.03. The van der Waals surface area contributed by atoms with Gasteiger partial charge in [-0.2, -0.15) is 5.10 Å². The zero-order valence-corrected chi connectivity index (χ0v) is 13.8. The van der Waals surface area contributed by atoms with Crippen molar-refractivity contribution in [3.05, 3.63) is 27.2 Å². The van der Waals surface area contributed by atoms with Crippen LogP contribution in [0, 0.1) is 0 Å². The third-order valence-electron chi connectivity index (χ3n) is 4.06. The highest BCUT2D eigenvalue weighted by molar-refractivity contribution is 5.85. The van der Waals surface area contributed by atoms with E-state index in [2.05, 4.69) is 15.5 Å². The SMILES string of the molecule is CC(C(=O)NCCCCN)c1n[nH]c(=O)c2c1CCCC2.Cl. The van der Waals surface area contributed by atoms with E-state index in [0.717, 1.165) is 55.3 Å². The van der Waals surface area contributed by atoms with E-state index in [1.54, 1.807) is 0 Å². The first-order chi connectivity index (χ1) is 10.1. The lowest BCUT2D eigenvalue weighted by Crippen LogP contribution is -2.32. The number of unbranched alkanes of at least 4 members (excludes halogenated alkanes) is 1.